The molecule has 0 heterocycles. The van der Waals surface area contributed by atoms with E-state index in [9.17, 15) is 14.3 Å². The summed E-state index contributed by atoms with van der Waals surface area (Å²) >= 11 is 0. The van der Waals surface area contributed by atoms with Crippen molar-refractivity contribution in [2.75, 3.05) is 6.61 Å². The van der Waals surface area contributed by atoms with Crippen LogP contribution in [0.1, 0.15) is 37.9 Å². The number of halogens is 1. The van der Waals surface area contributed by atoms with Crippen LogP contribution in [0.15, 0.2) is 24.3 Å². The molecule has 0 radical (unpaired) electrons. The van der Waals surface area contributed by atoms with Crippen LogP contribution in [0.25, 0.3) is 0 Å². The number of benzene rings is 1. The van der Waals surface area contributed by atoms with Gasteiger partial charge in [-0.3, -0.25) is 4.79 Å². The van der Waals surface area contributed by atoms with Crippen LogP contribution >= 0.6 is 0 Å². The van der Waals surface area contributed by atoms with E-state index in [1.165, 1.54) is 24.3 Å². The molecule has 0 aliphatic carbocycles. The van der Waals surface area contributed by atoms with Gasteiger partial charge in [0.1, 0.15) is 5.82 Å². The van der Waals surface area contributed by atoms with Gasteiger partial charge in [0, 0.05) is 0 Å². The van der Waals surface area contributed by atoms with Gasteiger partial charge in [0.15, 0.2) is 0 Å². The number of esters is 1. The van der Waals surface area contributed by atoms with Crippen LogP contribution in [-0.2, 0) is 9.53 Å². The fourth-order valence-electron chi connectivity index (χ4n) is 1.35. The third kappa shape index (κ3) is 4.95. The smallest absolute Gasteiger partial charge is 0.308 e. The summed E-state index contributed by atoms with van der Waals surface area (Å²) in [4.78, 5) is 11.3. The van der Waals surface area contributed by atoms with Gasteiger partial charge >= 0.3 is 5.97 Å². The quantitative estimate of drug-likeness (QED) is 0.614. The van der Waals surface area contributed by atoms with Crippen molar-refractivity contribution in [3.63, 3.8) is 0 Å². The molecule has 1 atom stereocenters. The van der Waals surface area contributed by atoms with Gasteiger partial charge in [-0.2, -0.15) is 0 Å². The molecule has 0 fully saturated rings. The van der Waals surface area contributed by atoms with Crippen LogP contribution < -0.4 is 0 Å². The van der Waals surface area contributed by atoms with Crippen LogP contribution in [-0.4, -0.2) is 17.7 Å². The van der Waals surface area contributed by atoms with Gasteiger partial charge in [-0.15, -0.1) is 0 Å². The molecule has 0 bridgehead atoms. The Bertz CT molecular complexity index is 348. The second-order valence-electron chi connectivity index (χ2n) is 3.85. The first kappa shape index (κ1) is 13.6. The molecule has 0 aromatic heterocycles. The summed E-state index contributed by atoms with van der Waals surface area (Å²) in [6.45, 7) is 2.38. The van der Waals surface area contributed by atoms with Crippen LogP contribution in [0.3, 0.4) is 0 Å². The molecule has 0 saturated carbocycles. The number of hydrogen-bond acceptors (Lipinski definition) is 3. The summed E-state index contributed by atoms with van der Waals surface area (Å²) in [5.74, 6) is -0.804. The van der Waals surface area contributed by atoms with Crippen molar-refractivity contribution in [2.45, 2.75) is 32.3 Å². The molecule has 94 valence electrons. The zero-order valence-corrected chi connectivity index (χ0v) is 9.86. The number of carbonyl (C=O) groups excluding carboxylic acids is 1. The van der Waals surface area contributed by atoms with Gasteiger partial charge < -0.3 is 9.84 Å². The van der Waals surface area contributed by atoms with Crippen molar-refractivity contribution in [3.8, 4) is 0 Å². The number of rotatable bonds is 6. The minimum atomic E-state index is -0.940. The van der Waals surface area contributed by atoms with E-state index in [1.54, 1.807) is 0 Å². The fraction of sp³-hybridized carbons (Fsp3) is 0.462. The Labute approximate surface area is 100 Å². The van der Waals surface area contributed by atoms with Crippen molar-refractivity contribution in [1.82, 2.24) is 0 Å². The minimum Gasteiger partial charge on any atom is -0.466 e. The zero-order valence-electron chi connectivity index (χ0n) is 9.86. The van der Waals surface area contributed by atoms with Crippen LogP contribution in [0.2, 0.25) is 0 Å². The van der Waals surface area contributed by atoms with Crippen LogP contribution in [0, 0.1) is 5.82 Å². The molecule has 1 aromatic rings. The Morgan fingerprint density at radius 1 is 1.41 bits per heavy atom. The molecule has 0 spiro atoms. The number of hydrogen-bond donors (Lipinski definition) is 1. The average Bonchev–Trinajstić information content (AvgIpc) is 2.30. The van der Waals surface area contributed by atoms with Crippen molar-refractivity contribution < 1.29 is 19.0 Å². The third-order valence-corrected chi connectivity index (χ3v) is 2.38. The van der Waals surface area contributed by atoms with Gasteiger partial charge in [-0.05, 0) is 24.1 Å². The molecule has 1 aromatic carbocycles. The Kier molecular flexibility index (Phi) is 5.63. The molecular weight excluding hydrogens is 223 g/mol. The van der Waals surface area contributed by atoms with E-state index in [-0.39, 0.29) is 12.2 Å². The van der Waals surface area contributed by atoms with Gasteiger partial charge in [0.25, 0.3) is 0 Å². The molecule has 4 heteroatoms. The molecule has 17 heavy (non-hydrogen) atoms. The highest BCUT2D eigenvalue weighted by molar-refractivity contribution is 5.70. The van der Waals surface area contributed by atoms with E-state index in [2.05, 4.69) is 0 Å². The van der Waals surface area contributed by atoms with Gasteiger partial charge in [-0.1, -0.05) is 25.5 Å². The number of ether oxygens (including phenoxy) is 1. The summed E-state index contributed by atoms with van der Waals surface area (Å²) in [5.41, 5.74) is 0.513. The first-order valence-corrected chi connectivity index (χ1v) is 5.72. The summed E-state index contributed by atoms with van der Waals surface area (Å²) in [6.07, 6.45) is 0.728. The molecule has 0 aliphatic heterocycles. The molecular formula is C13H17FO3. The van der Waals surface area contributed by atoms with E-state index in [0.717, 1.165) is 12.8 Å². The fourth-order valence-corrected chi connectivity index (χ4v) is 1.35. The van der Waals surface area contributed by atoms with E-state index >= 15 is 0 Å². The molecule has 1 N–H and O–H groups in total. The maximum Gasteiger partial charge on any atom is 0.308 e. The first-order valence-electron chi connectivity index (χ1n) is 5.72. The van der Waals surface area contributed by atoms with E-state index in [4.69, 9.17) is 4.74 Å². The number of unbranched alkanes of at least 4 members (excludes halogenated alkanes) is 1. The lowest BCUT2D eigenvalue weighted by molar-refractivity contribution is -0.146. The third-order valence-electron chi connectivity index (χ3n) is 2.38. The van der Waals surface area contributed by atoms with Gasteiger partial charge in [-0.25, -0.2) is 4.39 Å². The SMILES string of the molecule is CCCCOC(=O)CC(O)c1ccc(F)cc1. The minimum absolute atomic E-state index is 0.102. The number of carbonyl (C=O) groups is 1. The first-order chi connectivity index (χ1) is 8.13. The summed E-state index contributed by atoms with van der Waals surface area (Å²) in [5, 5.41) is 9.72. The molecule has 1 unspecified atom stereocenters. The van der Waals surface area contributed by atoms with Crippen LogP contribution in [0.4, 0.5) is 4.39 Å². The Hall–Kier alpha value is -1.42. The summed E-state index contributed by atoms with van der Waals surface area (Å²) in [6, 6.07) is 5.42. The Morgan fingerprint density at radius 2 is 2.06 bits per heavy atom. The van der Waals surface area contributed by atoms with E-state index in [1.807, 2.05) is 6.92 Å². The van der Waals surface area contributed by atoms with Gasteiger partial charge in [0.05, 0.1) is 19.1 Å². The molecule has 0 aliphatic rings. The number of aliphatic hydroxyl groups is 1. The Balaban J connectivity index is 2.40. The van der Waals surface area contributed by atoms with Gasteiger partial charge in [0.2, 0.25) is 0 Å². The normalized spacial score (nSPS) is 12.2. The average molecular weight is 240 g/mol. The van der Waals surface area contributed by atoms with Crippen LogP contribution in [0.5, 0.6) is 0 Å². The van der Waals surface area contributed by atoms with Crippen molar-refractivity contribution in [2.24, 2.45) is 0 Å². The van der Waals surface area contributed by atoms with Crippen molar-refractivity contribution in [1.29, 1.82) is 0 Å². The highest BCUT2D eigenvalue weighted by Gasteiger charge is 2.13. The van der Waals surface area contributed by atoms with Crippen molar-refractivity contribution in [3.05, 3.63) is 35.6 Å². The molecule has 1 rings (SSSR count). The molecule has 3 nitrogen and oxygen atoms in total. The lowest BCUT2D eigenvalue weighted by Gasteiger charge is -2.10. The van der Waals surface area contributed by atoms with E-state index < -0.39 is 12.1 Å². The molecule has 0 saturated heterocycles. The monoisotopic (exact) mass is 240 g/mol. The maximum absolute atomic E-state index is 12.6. The zero-order chi connectivity index (χ0) is 12.7. The lowest BCUT2D eigenvalue weighted by atomic mass is 10.1. The van der Waals surface area contributed by atoms with Crippen molar-refractivity contribution >= 4 is 5.97 Å². The number of aliphatic hydroxyl groups excluding tert-OH is 1. The second-order valence-corrected chi connectivity index (χ2v) is 3.85. The summed E-state index contributed by atoms with van der Waals surface area (Å²) in [7, 11) is 0. The second kappa shape index (κ2) is 7.01. The molecule has 0 amide bonds. The highest BCUT2D eigenvalue weighted by atomic mass is 19.1. The predicted octanol–water partition coefficient (Wildman–Crippen LogP) is 2.59. The maximum atomic E-state index is 12.6. The Morgan fingerprint density at radius 3 is 2.65 bits per heavy atom. The van der Waals surface area contributed by atoms with E-state index in [0.29, 0.717) is 12.2 Å². The predicted molar refractivity (Wildman–Crippen MR) is 61.8 cm³/mol. The topological polar surface area (TPSA) is 46.5 Å². The standard InChI is InChI=1S/C13H17FO3/c1-2-3-8-17-13(16)9-12(15)10-4-6-11(14)7-5-10/h4-7,12,15H,2-3,8-9H2,1H3. The lowest BCUT2D eigenvalue weighted by Crippen LogP contribution is -2.11. The highest BCUT2D eigenvalue weighted by Crippen LogP contribution is 2.17. The largest absolute Gasteiger partial charge is 0.466 e. The summed E-state index contributed by atoms with van der Waals surface area (Å²) < 4.78 is 17.6.